The Hall–Kier alpha value is -1.79. The SMILES string of the molecule is CC(C(=O)NCc1nnc(-c2ccccc2)s1)C1CNC1. The van der Waals surface area contributed by atoms with E-state index in [0.29, 0.717) is 12.5 Å². The molecular weight excluding hydrogens is 284 g/mol. The number of hydrogen-bond donors (Lipinski definition) is 2. The van der Waals surface area contributed by atoms with Crippen LogP contribution in [0.15, 0.2) is 30.3 Å². The zero-order valence-electron chi connectivity index (χ0n) is 11.9. The average molecular weight is 302 g/mol. The fraction of sp³-hybridized carbons (Fsp3) is 0.400. The third-order valence-electron chi connectivity index (χ3n) is 3.84. The molecule has 5 nitrogen and oxygen atoms in total. The van der Waals surface area contributed by atoms with Crippen LogP contribution in [0.5, 0.6) is 0 Å². The lowest BCUT2D eigenvalue weighted by Gasteiger charge is -2.31. The van der Waals surface area contributed by atoms with Gasteiger partial charge in [-0.05, 0) is 19.0 Å². The molecule has 110 valence electrons. The summed E-state index contributed by atoms with van der Waals surface area (Å²) >= 11 is 1.52. The summed E-state index contributed by atoms with van der Waals surface area (Å²) in [6, 6.07) is 9.95. The molecule has 6 heteroatoms. The van der Waals surface area contributed by atoms with E-state index in [0.717, 1.165) is 28.7 Å². The molecule has 0 spiro atoms. The Morgan fingerprint density at radius 2 is 2.14 bits per heavy atom. The molecule has 2 N–H and O–H groups in total. The summed E-state index contributed by atoms with van der Waals surface area (Å²) in [5, 5.41) is 16.2. The minimum absolute atomic E-state index is 0.0489. The Morgan fingerprint density at radius 1 is 1.38 bits per heavy atom. The van der Waals surface area contributed by atoms with Crippen molar-refractivity contribution in [3.05, 3.63) is 35.3 Å². The molecule has 1 aliphatic heterocycles. The van der Waals surface area contributed by atoms with Gasteiger partial charge >= 0.3 is 0 Å². The second-order valence-electron chi connectivity index (χ2n) is 5.29. The van der Waals surface area contributed by atoms with E-state index in [2.05, 4.69) is 20.8 Å². The number of carbonyl (C=O) groups excluding carboxylic acids is 1. The van der Waals surface area contributed by atoms with Gasteiger partial charge in [-0.1, -0.05) is 48.6 Å². The molecule has 1 saturated heterocycles. The maximum Gasteiger partial charge on any atom is 0.223 e. The normalized spacial score (nSPS) is 16.2. The molecule has 0 aliphatic carbocycles. The molecule has 1 amide bonds. The van der Waals surface area contributed by atoms with Gasteiger partial charge < -0.3 is 10.6 Å². The van der Waals surface area contributed by atoms with Crippen molar-refractivity contribution < 1.29 is 4.79 Å². The first kappa shape index (κ1) is 14.2. The van der Waals surface area contributed by atoms with E-state index in [4.69, 9.17) is 0 Å². The summed E-state index contributed by atoms with van der Waals surface area (Å²) in [7, 11) is 0. The number of nitrogens with one attached hydrogen (secondary N) is 2. The van der Waals surface area contributed by atoms with Gasteiger partial charge in [-0.15, -0.1) is 10.2 Å². The van der Waals surface area contributed by atoms with Gasteiger partial charge in [0.05, 0.1) is 6.54 Å². The van der Waals surface area contributed by atoms with Crippen molar-refractivity contribution in [3.8, 4) is 10.6 Å². The van der Waals surface area contributed by atoms with Gasteiger partial charge in [0.25, 0.3) is 0 Å². The molecule has 1 aromatic carbocycles. The Kier molecular flexibility index (Phi) is 4.26. The summed E-state index contributed by atoms with van der Waals surface area (Å²) < 4.78 is 0. The van der Waals surface area contributed by atoms with Crippen LogP contribution >= 0.6 is 11.3 Å². The van der Waals surface area contributed by atoms with Gasteiger partial charge in [0.15, 0.2) is 0 Å². The molecule has 0 saturated carbocycles. The van der Waals surface area contributed by atoms with Crippen molar-refractivity contribution in [3.63, 3.8) is 0 Å². The molecule has 3 rings (SSSR count). The maximum absolute atomic E-state index is 12.0. The van der Waals surface area contributed by atoms with Crippen molar-refractivity contribution in [1.82, 2.24) is 20.8 Å². The zero-order chi connectivity index (χ0) is 14.7. The molecule has 0 radical (unpaired) electrons. The van der Waals surface area contributed by atoms with Crippen LogP contribution in [0.4, 0.5) is 0 Å². The quantitative estimate of drug-likeness (QED) is 0.882. The lowest BCUT2D eigenvalue weighted by atomic mass is 9.88. The van der Waals surface area contributed by atoms with Crippen molar-refractivity contribution >= 4 is 17.2 Å². The third kappa shape index (κ3) is 3.28. The molecule has 0 bridgehead atoms. The third-order valence-corrected chi connectivity index (χ3v) is 4.81. The first-order chi connectivity index (χ1) is 10.2. The molecular formula is C15H18N4OS. The first-order valence-electron chi connectivity index (χ1n) is 7.10. The predicted octanol–water partition coefficient (Wildman–Crippen LogP) is 1.68. The number of hydrogen-bond acceptors (Lipinski definition) is 5. The smallest absolute Gasteiger partial charge is 0.223 e. The predicted molar refractivity (Wildman–Crippen MR) is 82.7 cm³/mol. The van der Waals surface area contributed by atoms with E-state index in [1.54, 1.807) is 0 Å². The highest BCUT2D eigenvalue weighted by Gasteiger charge is 2.28. The second kappa shape index (κ2) is 6.32. The fourth-order valence-electron chi connectivity index (χ4n) is 2.22. The van der Waals surface area contributed by atoms with Crippen molar-refractivity contribution in [1.29, 1.82) is 0 Å². The van der Waals surface area contributed by atoms with E-state index in [1.807, 2.05) is 37.3 Å². The van der Waals surface area contributed by atoms with Crippen LogP contribution in [-0.4, -0.2) is 29.2 Å². The summed E-state index contributed by atoms with van der Waals surface area (Å²) in [4.78, 5) is 12.0. The molecule has 21 heavy (non-hydrogen) atoms. The van der Waals surface area contributed by atoms with E-state index in [1.165, 1.54) is 11.3 Å². The Labute approximate surface area is 127 Å². The van der Waals surface area contributed by atoms with E-state index < -0.39 is 0 Å². The van der Waals surface area contributed by atoms with Crippen molar-refractivity contribution in [2.45, 2.75) is 13.5 Å². The van der Waals surface area contributed by atoms with Crippen LogP contribution < -0.4 is 10.6 Å². The Morgan fingerprint density at radius 3 is 2.81 bits per heavy atom. The van der Waals surface area contributed by atoms with E-state index in [-0.39, 0.29) is 11.8 Å². The molecule has 1 fully saturated rings. The number of rotatable bonds is 5. The molecule has 2 heterocycles. The van der Waals surface area contributed by atoms with Crippen LogP contribution in [0, 0.1) is 11.8 Å². The Balaban J connectivity index is 1.56. The zero-order valence-corrected chi connectivity index (χ0v) is 12.7. The number of amides is 1. The summed E-state index contributed by atoms with van der Waals surface area (Å²) in [6.07, 6.45) is 0. The van der Waals surface area contributed by atoms with Crippen LogP contribution in [0.2, 0.25) is 0 Å². The highest BCUT2D eigenvalue weighted by atomic mass is 32.1. The minimum atomic E-state index is 0.0489. The highest BCUT2D eigenvalue weighted by molar-refractivity contribution is 7.14. The largest absolute Gasteiger partial charge is 0.349 e. The number of benzene rings is 1. The average Bonchev–Trinajstić information content (AvgIpc) is 2.92. The van der Waals surface area contributed by atoms with Crippen LogP contribution in [0.3, 0.4) is 0 Å². The molecule has 2 aromatic rings. The fourth-order valence-corrected chi connectivity index (χ4v) is 3.01. The van der Waals surface area contributed by atoms with Crippen LogP contribution in [0.1, 0.15) is 11.9 Å². The monoisotopic (exact) mass is 302 g/mol. The number of aromatic nitrogens is 2. The lowest BCUT2D eigenvalue weighted by Crippen LogP contribution is -2.49. The number of carbonyl (C=O) groups is 1. The summed E-state index contributed by atoms with van der Waals surface area (Å²) in [5.41, 5.74) is 1.06. The molecule has 1 aromatic heterocycles. The topological polar surface area (TPSA) is 66.9 Å². The minimum Gasteiger partial charge on any atom is -0.349 e. The Bertz CT molecular complexity index is 609. The highest BCUT2D eigenvalue weighted by Crippen LogP contribution is 2.23. The van der Waals surface area contributed by atoms with E-state index >= 15 is 0 Å². The van der Waals surface area contributed by atoms with Gasteiger partial charge in [-0.2, -0.15) is 0 Å². The second-order valence-corrected chi connectivity index (χ2v) is 6.35. The first-order valence-corrected chi connectivity index (χ1v) is 7.92. The van der Waals surface area contributed by atoms with Crippen LogP contribution in [-0.2, 0) is 11.3 Å². The summed E-state index contributed by atoms with van der Waals surface area (Å²) in [5.74, 6) is 0.602. The number of nitrogens with zero attached hydrogens (tertiary/aromatic N) is 2. The lowest BCUT2D eigenvalue weighted by molar-refractivity contribution is -0.126. The van der Waals surface area contributed by atoms with Crippen molar-refractivity contribution in [2.24, 2.45) is 11.8 Å². The van der Waals surface area contributed by atoms with Gasteiger partial charge in [0, 0.05) is 11.5 Å². The van der Waals surface area contributed by atoms with Crippen LogP contribution in [0.25, 0.3) is 10.6 Å². The van der Waals surface area contributed by atoms with Gasteiger partial charge in [-0.3, -0.25) is 4.79 Å². The van der Waals surface area contributed by atoms with E-state index in [9.17, 15) is 4.79 Å². The maximum atomic E-state index is 12.0. The van der Waals surface area contributed by atoms with Gasteiger partial charge in [0.1, 0.15) is 10.0 Å². The molecule has 1 unspecified atom stereocenters. The standard InChI is InChI=1S/C15H18N4OS/c1-10(12-7-16-8-12)14(20)17-9-13-18-19-15(21-13)11-5-3-2-4-6-11/h2-6,10,12,16H,7-9H2,1H3,(H,17,20). The summed E-state index contributed by atoms with van der Waals surface area (Å²) in [6.45, 7) is 4.31. The van der Waals surface area contributed by atoms with Crippen molar-refractivity contribution in [2.75, 3.05) is 13.1 Å². The molecule has 1 atom stereocenters. The van der Waals surface area contributed by atoms with Gasteiger partial charge in [0.2, 0.25) is 5.91 Å². The molecule has 1 aliphatic rings. The van der Waals surface area contributed by atoms with Gasteiger partial charge in [-0.25, -0.2) is 0 Å².